The Morgan fingerprint density at radius 3 is 2.47 bits per heavy atom. The van der Waals surface area contributed by atoms with E-state index >= 15 is 0 Å². The molecule has 0 aliphatic carbocycles. The number of carbonyl (C=O) groups excluding carboxylic acids is 2. The molecule has 1 saturated heterocycles. The molecule has 102 valence electrons. The van der Waals surface area contributed by atoms with Crippen molar-refractivity contribution in [2.45, 2.75) is 20.8 Å². The Balaban J connectivity index is 2.05. The van der Waals surface area contributed by atoms with Crippen LogP contribution in [0.5, 0.6) is 5.75 Å². The van der Waals surface area contributed by atoms with Crippen molar-refractivity contribution in [2.24, 2.45) is 0 Å². The molecule has 0 aromatic heterocycles. The van der Waals surface area contributed by atoms with E-state index in [1.54, 1.807) is 0 Å². The molecular weight excluding hydrogens is 262 g/mol. The van der Waals surface area contributed by atoms with Gasteiger partial charge in [-0.3, -0.25) is 4.79 Å². The molecule has 1 aromatic rings. The molecule has 1 fully saturated rings. The molecule has 0 radical (unpaired) electrons. The van der Waals surface area contributed by atoms with E-state index in [1.165, 1.54) is 16.7 Å². The summed E-state index contributed by atoms with van der Waals surface area (Å²) in [5.74, 6) is 1.25. The fourth-order valence-corrected chi connectivity index (χ4v) is 3.07. The summed E-state index contributed by atoms with van der Waals surface area (Å²) in [5.41, 5.74) is 3.02. The van der Waals surface area contributed by atoms with Crippen LogP contribution < -0.4 is 4.74 Å². The number of hydrogen-bond donors (Lipinski definition) is 0. The van der Waals surface area contributed by atoms with Crippen LogP contribution in [0, 0.1) is 20.8 Å². The minimum absolute atomic E-state index is 0.000648. The molecule has 0 N–H and O–H groups in total. The van der Waals surface area contributed by atoms with E-state index < -0.39 is 0 Å². The number of rotatable bonds is 3. The average Bonchev–Trinajstić information content (AvgIpc) is 2.69. The molecule has 5 heteroatoms. The SMILES string of the molecule is Cc1cc(C)c(OC(=O)CN2CSCC2=O)c(C)c1. The highest BCUT2D eigenvalue weighted by atomic mass is 32.2. The molecule has 2 rings (SSSR count). The first-order valence-electron chi connectivity index (χ1n) is 6.11. The second kappa shape index (κ2) is 5.65. The van der Waals surface area contributed by atoms with E-state index in [2.05, 4.69) is 0 Å². The van der Waals surface area contributed by atoms with Gasteiger partial charge < -0.3 is 9.64 Å². The number of aryl methyl sites for hydroxylation is 3. The number of ether oxygens (including phenoxy) is 1. The van der Waals surface area contributed by atoms with Gasteiger partial charge in [-0.05, 0) is 31.9 Å². The summed E-state index contributed by atoms with van der Waals surface area (Å²) in [4.78, 5) is 24.8. The van der Waals surface area contributed by atoms with Crippen molar-refractivity contribution < 1.29 is 14.3 Å². The summed E-state index contributed by atoms with van der Waals surface area (Å²) in [5, 5.41) is 0. The van der Waals surface area contributed by atoms with Crippen molar-refractivity contribution in [2.75, 3.05) is 18.2 Å². The van der Waals surface area contributed by atoms with Crippen LogP contribution in [0.2, 0.25) is 0 Å². The van der Waals surface area contributed by atoms with Gasteiger partial charge in [-0.15, -0.1) is 11.8 Å². The van der Waals surface area contributed by atoms with Crippen molar-refractivity contribution in [3.63, 3.8) is 0 Å². The van der Waals surface area contributed by atoms with Crippen LogP contribution in [0.4, 0.5) is 0 Å². The maximum absolute atomic E-state index is 11.9. The van der Waals surface area contributed by atoms with E-state index in [4.69, 9.17) is 4.74 Å². The Morgan fingerprint density at radius 2 is 1.95 bits per heavy atom. The van der Waals surface area contributed by atoms with Gasteiger partial charge in [0, 0.05) is 0 Å². The highest BCUT2D eigenvalue weighted by molar-refractivity contribution is 8.00. The zero-order valence-electron chi connectivity index (χ0n) is 11.4. The smallest absolute Gasteiger partial charge is 0.331 e. The summed E-state index contributed by atoms with van der Waals surface area (Å²) >= 11 is 1.52. The average molecular weight is 279 g/mol. The summed E-state index contributed by atoms with van der Waals surface area (Å²) in [6.45, 7) is 5.86. The number of carbonyl (C=O) groups is 2. The molecule has 1 amide bonds. The molecule has 4 nitrogen and oxygen atoms in total. The predicted molar refractivity (Wildman–Crippen MR) is 75.3 cm³/mol. The topological polar surface area (TPSA) is 46.6 Å². The van der Waals surface area contributed by atoms with Crippen molar-refractivity contribution in [3.8, 4) is 5.75 Å². The van der Waals surface area contributed by atoms with Crippen molar-refractivity contribution in [1.82, 2.24) is 4.90 Å². The van der Waals surface area contributed by atoms with Crippen LogP contribution >= 0.6 is 11.8 Å². The third kappa shape index (κ3) is 3.29. The van der Waals surface area contributed by atoms with Gasteiger partial charge in [0.1, 0.15) is 12.3 Å². The Bertz CT molecular complexity index is 504. The monoisotopic (exact) mass is 279 g/mol. The van der Waals surface area contributed by atoms with Crippen LogP contribution in [-0.2, 0) is 9.59 Å². The first-order valence-corrected chi connectivity index (χ1v) is 7.27. The number of amides is 1. The maximum atomic E-state index is 11.9. The highest BCUT2D eigenvalue weighted by Gasteiger charge is 2.24. The van der Waals surface area contributed by atoms with Gasteiger partial charge in [0.25, 0.3) is 0 Å². The Kier molecular flexibility index (Phi) is 4.14. The van der Waals surface area contributed by atoms with Gasteiger partial charge in [0.05, 0.1) is 11.6 Å². The summed E-state index contributed by atoms with van der Waals surface area (Å²) in [7, 11) is 0. The Hall–Kier alpha value is -1.49. The van der Waals surface area contributed by atoms with Crippen molar-refractivity contribution in [1.29, 1.82) is 0 Å². The normalized spacial score (nSPS) is 14.9. The van der Waals surface area contributed by atoms with Crippen LogP contribution in [0.3, 0.4) is 0 Å². The zero-order chi connectivity index (χ0) is 14.0. The van der Waals surface area contributed by atoms with Gasteiger partial charge in [-0.25, -0.2) is 4.79 Å². The molecular formula is C14H17NO3S. The predicted octanol–water partition coefficient (Wildman–Crippen LogP) is 2.05. The number of hydrogen-bond acceptors (Lipinski definition) is 4. The number of nitrogens with zero attached hydrogens (tertiary/aromatic N) is 1. The van der Waals surface area contributed by atoms with E-state index in [0.717, 1.165) is 16.7 Å². The van der Waals surface area contributed by atoms with Gasteiger partial charge in [0.2, 0.25) is 5.91 Å². The summed E-state index contributed by atoms with van der Waals surface area (Å²) < 4.78 is 5.40. The summed E-state index contributed by atoms with van der Waals surface area (Å²) in [6, 6.07) is 3.96. The lowest BCUT2D eigenvalue weighted by Crippen LogP contribution is -2.33. The molecule has 1 heterocycles. The maximum Gasteiger partial charge on any atom is 0.331 e. The first-order chi connectivity index (χ1) is 8.97. The molecule has 0 saturated carbocycles. The van der Waals surface area contributed by atoms with E-state index in [9.17, 15) is 9.59 Å². The molecule has 0 unspecified atom stereocenters. The second-order valence-corrected chi connectivity index (χ2v) is 5.73. The third-order valence-electron chi connectivity index (χ3n) is 2.97. The molecule has 0 atom stereocenters. The summed E-state index contributed by atoms with van der Waals surface area (Å²) in [6.07, 6.45) is 0. The molecule has 1 aliphatic heterocycles. The van der Waals surface area contributed by atoms with Crippen LogP contribution in [0.25, 0.3) is 0 Å². The quantitative estimate of drug-likeness (QED) is 0.627. The van der Waals surface area contributed by atoms with Crippen molar-refractivity contribution in [3.05, 3.63) is 28.8 Å². The van der Waals surface area contributed by atoms with Crippen molar-refractivity contribution >= 4 is 23.6 Å². The lowest BCUT2D eigenvalue weighted by Gasteiger charge is -2.15. The third-order valence-corrected chi connectivity index (χ3v) is 3.91. The molecule has 0 bridgehead atoms. The van der Waals surface area contributed by atoms with Gasteiger partial charge >= 0.3 is 5.97 Å². The van der Waals surface area contributed by atoms with Crippen LogP contribution in [-0.4, -0.2) is 35.0 Å². The molecule has 19 heavy (non-hydrogen) atoms. The Morgan fingerprint density at radius 1 is 1.32 bits per heavy atom. The Labute approximate surface area is 117 Å². The number of esters is 1. The van der Waals surface area contributed by atoms with Gasteiger partial charge in [-0.1, -0.05) is 17.7 Å². The van der Waals surface area contributed by atoms with Crippen LogP contribution in [0.15, 0.2) is 12.1 Å². The van der Waals surface area contributed by atoms with E-state index in [1.807, 2.05) is 32.9 Å². The van der Waals surface area contributed by atoms with Gasteiger partial charge in [-0.2, -0.15) is 0 Å². The minimum Gasteiger partial charge on any atom is -0.425 e. The fourth-order valence-electron chi connectivity index (χ4n) is 2.17. The largest absolute Gasteiger partial charge is 0.425 e. The first kappa shape index (κ1) is 13.9. The highest BCUT2D eigenvalue weighted by Crippen LogP contribution is 2.25. The number of benzene rings is 1. The van der Waals surface area contributed by atoms with Crippen LogP contribution in [0.1, 0.15) is 16.7 Å². The minimum atomic E-state index is -0.383. The molecule has 1 aliphatic rings. The standard InChI is InChI=1S/C14H17NO3S/c1-9-4-10(2)14(11(3)5-9)18-13(17)6-15-8-19-7-12(15)16/h4-5H,6-8H2,1-3H3. The lowest BCUT2D eigenvalue weighted by atomic mass is 10.1. The number of thioether (sulfide) groups is 1. The molecule has 1 aromatic carbocycles. The fraction of sp³-hybridized carbons (Fsp3) is 0.429. The lowest BCUT2D eigenvalue weighted by molar-refractivity contribution is -0.140. The van der Waals surface area contributed by atoms with E-state index in [0.29, 0.717) is 17.4 Å². The second-order valence-electron chi connectivity index (χ2n) is 4.77. The van der Waals surface area contributed by atoms with E-state index in [-0.39, 0.29) is 18.4 Å². The molecule has 0 spiro atoms. The zero-order valence-corrected chi connectivity index (χ0v) is 12.2. The van der Waals surface area contributed by atoms with Gasteiger partial charge in [0.15, 0.2) is 0 Å².